The molecule has 0 radical (unpaired) electrons. The fourth-order valence-electron chi connectivity index (χ4n) is 2.87. The molecule has 0 aliphatic carbocycles. The van der Waals surface area contributed by atoms with Gasteiger partial charge in [-0.05, 0) is 51.5 Å². The van der Waals surface area contributed by atoms with E-state index in [1.165, 1.54) is 17.0 Å². The summed E-state index contributed by atoms with van der Waals surface area (Å²) in [7, 11) is 0. The predicted molar refractivity (Wildman–Crippen MR) is 108 cm³/mol. The van der Waals surface area contributed by atoms with Crippen molar-refractivity contribution in [3.8, 4) is 0 Å². The molecule has 1 saturated heterocycles. The summed E-state index contributed by atoms with van der Waals surface area (Å²) in [6.45, 7) is 11.2. The molecule has 140 valence electrons. The first-order chi connectivity index (χ1) is 12.4. The standard InChI is InChI=1S/C19H26N4O2S/c1-12-11-16(23-7-9-25-10-8-23)5-6-17(12)20-14(3)18(24)22-19-21-13(2)15(4)26-19/h5-6,11,14,20H,7-10H2,1-4H3,(H,21,22,24)/t14-/m1/s1. The molecule has 2 heterocycles. The van der Waals surface area contributed by atoms with Gasteiger partial charge in [0, 0.05) is 29.3 Å². The van der Waals surface area contributed by atoms with Crippen molar-refractivity contribution in [1.82, 2.24) is 4.98 Å². The second-order valence-corrected chi connectivity index (χ2v) is 7.82. The maximum atomic E-state index is 12.4. The van der Waals surface area contributed by atoms with Crippen molar-refractivity contribution >= 4 is 33.8 Å². The Morgan fingerprint density at radius 3 is 2.62 bits per heavy atom. The quantitative estimate of drug-likeness (QED) is 0.840. The van der Waals surface area contributed by atoms with Gasteiger partial charge in [-0.3, -0.25) is 4.79 Å². The normalized spacial score (nSPS) is 15.6. The van der Waals surface area contributed by atoms with Crippen molar-refractivity contribution in [2.75, 3.05) is 41.8 Å². The zero-order valence-electron chi connectivity index (χ0n) is 15.8. The lowest BCUT2D eigenvalue weighted by molar-refractivity contribution is -0.116. The smallest absolute Gasteiger partial charge is 0.248 e. The molecule has 1 aromatic heterocycles. The number of amides is 1. The lowest BCUT2D eigenvalue weighted by atomic mass is 10.1. The van der Waals surface area contributed by atoms with Crippen LogP contribution in [0.15, 0.2) is 18.2 Å². The molecule has 1 atom stereocenters. The van der Waals surface area contributed by atoms with Crippen LogP contribution in [0.2, 0.25) is 0 Å². The van der Waals surface area contributed by atoms with Crippen LogP contribution in [-0.2, 0) is 9.53 Å². The summed E-state index contributed by atoms with van der Waals surface area (Å²) in [5.41, 5.74) is 4.24. The van der Waals surface area contributed by atoms with Crippen molar-refractivity contribution < 1.29 is 9.53 Å². The van der Waals surface area contributed by atoms with Crippen molar-refractivity contribution in [3.63, 3.8) is 0 Å². The minimum absolute atomic E-state index is 0.0876. The Morgan fingerprint density at radius 1 is 1.27 bits per heavy atom. The molecule has 7 heteroatoms. The van der Waals surface area contributed by atoms with E-state index in [2.05, 4.69) is 39.6 Å². The SMILES string of the molecule is Cc1cc(N2CCOCC2)ccc1N[C@H](C)C(=O)Nc1nc(C)c(C)s1. The van der Waals surface area contributed by atoms with Crippen LogP contribution in [0.3, 0.4) is 0 Å². The van der Waals surface area contributed by atoms with Crippen LogP contribution >= 0.6 is 11.3 Å². The molecule has 1 aromatic carbocycles. The van der Waals surface area contributed by atoms with E-state index in [0.29, 0.717) is 5.13 Å². The first-order valence-corrected chi connectivity index (χ1v) is 9.70. The minimum Gasteiger partial charge on any atom is -0.378 e. The molecule has 1 aliphatic heterocycles. The van der Waals surface area contributed by atoms with E-state index in [9.17, 15) is 4.79 Å². The second-order valence-electron chi connectivity index (χ2n) is 6.61. The molecule has 1 fully saturated rings. The van der Waals surface area contributed by atoms with Crippen molar-refractivity contribution in [2.24, 2.45) is 0 Å². The number of carbonyl (C=O) groups is 1. The fraction of sp³-hybridized carbons (Fsp3) is 0.474. The van der Waals surface area contributed by atoms with Gasteiger partial charge in [0.15, 0.2) is 5.13 Å². The summed E-state index contributed by atoms with van der Waals surface area (Å²) in [5.74, 6) is -0.0876. The maximum Gasteiger partial charge on any atom is 0.248 e. The number of nitrogens with one attached hydrogen (secondary N) is 2. The molecule has 26 heavy (non-hydrogen) atoms. The number of morpholine rings is 1. The van der Waals surface area contributed by atoms with E-state index in [-0.39, 0.29) is 11.9 Å². The Labute approximate surface area is 158 Å². The fourth-order valence-corrected chi connectivity index (χ4v) is 3.68. The second kappa shape index (κ2) is 8.05. The summed E-state index contributed by atoms with van der Waals surface area (Å²) in [6, 6.07) is 5.94. The highest BCUT2D eigenvalue weighted by Gasteiger charge is 2.17. The third kappa shape index (κ3) is 4.34. The Morgan fingerprint density at radius 2 is 2.00 bits per heavy atom. The Kier molecular flexibility index (Phi) is 5.78. The third-order valence-electron chi connectivity index (χ3n) is 4.61. The maximum absolute atomic E-state index is 12.4. The van der Waals surface area contributed by atoms with E-state index in [4.69, 9.17) is 4.74 Å². The van der Waals surface area contributed by atoms with E-state index < -0.39 is 0 Å². The van der Waals surface area contributed by atoms with Gasteiger partial charge < -0.3 is 20.3 Å². The molecule has 6 nitrogen and oxygen atoms in total. The first kappa shape index (κ1) is 18.7. The number of hydrogen-bond acceptors (Lipinski definition) is 6. The number of aryl methyl sites for hydroxylation is 3. The summed E-state index contributed by atoms with van der Waals surface area (Å²) in [4.78, 5) is 20.2. The van der Waals surface area contributed by atoms with E-state index >= 15 is 0 Å². The third-order valence-corrected chi connectivity index (χ3v) is 5.60. The van der Waals surface area contributed by atoms with Gasteiger partial charge in [-0.1, -0.05) is 0 Å². The number of hydrogen-bond donors (Lipinski definition) is 2. The van der Waals surface area contributed by atoms with Gasteiger partial charge in [0.25, 0.3) is 0 Å². The van der Waals surface area contributed by atoms with Gasteiger partial charge in [0.05, 0.1) is 18.9 Å². The average molecular weight is 375 g/mol. The zero-order chi connectivity index (χ0) is 18.7. The van der Waals surface area contributed by atoms with Crippen molar-refractivity contribution in [1.29, 1.82) is 0 Å². The Hall–Kier alpha value is -2.12. The number of rotatable bonds is 5. The number of anilines is 3. The highest BCUT2D eigenvalue weighted by atomic mass is 32.1. The molecule has 1 aliphatic rings. The molecular weight excluding hydrogens is 348 g/mol. The van der Waals surface area contributed by atoms with Gasteiger partial charge >= 0.3 is 0 Å². The van der Waals surface area contributed by atoms with E-state index in [0.717, 1.165) is 48.1 Å². The largest absolute Gasteiger partial charge is 0.378 e. The lowest BCUT2D eigenvalue weighted by Gasteiger charge is -2.29. The minimum atomic E-state index is -0.354. The number of benzene rings is 1. The molecule has 1 amide bonds. The van der Waals surface area contributed by atoms with E-state index in [1.54, 1.807) is 0 Å². The average Bonchev–Trinajstić information content (AvgIpc) is 2.94. The van der Waals surface area contributed by atoms with Crippen LogP contribution in [-0.4, -0.2) is 43.2 Å². The van der Waals surface area contributed by atoms with E-state index in [1.807, 2.05) is 26.8 Å². The van der Waals surface area contributed by atoms with Crippen molar-refractivity contribution in [2.45, 2.75) is 33.7 Å². The summed E-state index contributed by atoms with van der Waals surface area (Å²) in [6.07, 6.45) is 0. The van der Waals surface area contributed by atoms with Crippen LogP contribution in [0, 0.1) is 20.8 Å². The summed E-state index contributed by atoms with van der Waals surface area (Å²) >= 11 is 1.50. The van der Waals surface area contributed by atoms with Crippen LogP contribution in [0.4, 0.5) is 16.5 Å². The number of nitrogens with zero attached hydrogens (tertiary/aromatic N) is 2. The van der Waals surface area contributed by atoms with Crippen LogP contribution in [0.25, 0.3) is 0 Å². The molecule has 0 saturated carbocycles. The Balaban J connectivity index is 1.62. The van der Waals surface area contributed by atoms with Gasteiger partial charge in [-0.25, -0.2) is 4.98 Å². The highest BCUT2D eigenvalue weighted by Crippen LogP contribution is 2.25. The van der Waals surface area contributed by atoms with Crippen LogP contribution in [0.1, 0.15) is 23.1 Å². The molecule has 0 spiro atoms. The molecule has 2 aromatic rings. The number of carbonyl (C=O) groups excluding carboxylic acids is 1. The highest BCUT2D eigenvalue weighted by molar-refractivity contribution is 7.15. The van der Waals surface area contributed by atoms with Crippen molar-refractivity contribution in [3.05, 3.63) is 34.3 Å². The summed E-state index contributed by atoms with van der Waals surface area (Å²) in [5, 5.41) is 6.84. The van der Waals surface area contributed by atoms with Crippen LogP contribution in [0.5, 0.6) is 0 Å². The van der Waals surface area contributed by atoms with Gasteiger partial charge in [0.1, 0.15) is 6.04 Å². The zero-order valence-corrected chi connectivity index (χ0v) is 16.6. The first-order valence-electron chi connectivity index (χ1n) is 8.89. The lowest BCUT2D eigenvalue weighted by Crippen LogP contribution is -2.36. The summed E-state index contributed by atoms with van der Waals surface area (Å²) < 4.78 is 5.41. The predicted octanol–water partition coefficient (Wildman–Crippen LogP) is 3.34. The molecule has 2 N–H and O–H groups in total. The van der Waals surface area contributed by atoms with Gasteiger partial charge in [-0.2, -0.15) is 0 Å². The topological polar surface area (TPSA) is 66.5 Å². The molecule has 3 rings (SSSR count). The van der Waals surface area contributed by atoms with Gasteiger partial charge in [-0.15, -0.1) is 11.3 Å². The van der Waals surface area contributed by atoms with Gasteiger partial charge in [0.2, 0.25) is 5.91 Å². The number of ether oxygens (including phenoxy) is 1. The molecular formula is C19H26N4O2S. The molecule has 0 bridgehead atoms. The number of thiazole rings is 1. The molecule has 0 unspecified atom stereocenters. The Bertz CT molecular complexity index is 764. The number of aromatic nitrogens is 1. The monoisotopic (exact) mass is 374 g/mol. The van der Waals surface area contributed by atoms with Crippen LogP contribution < -0.4 is 15.5 Å².